The lowest BCUT2D eigenvalue weighted by Crippen LogP contribution is -1.93. The van der Waals surface area contributed by atoms with E-state index in [-0.39, 0.29) is 1.54 Å². The molecular formula is C7H15I3S. The van der Waals surface area contributed by atoms with Crippen LogP contribution in [0.4, 0.5) is 0 Å². The predicted octanol–water partition coefficient (Wildman–Crippen LogP) is 5.67. The van der Waals surface area contributed by atoms with E-state index in [1.165, 1.54) is 25.0 Å². The van der Waals surface area contributed by atoms with E-state index in [0.29, 0.717) is 0 Å². The minimum Gasteiger partial charge on any atom is -0.0782 e. The standard InChI is InChI=1S/C7H15I3S/c1-3-7(2)5-4-6-11(8,9)10/h7H,3-6H2,1-2H3. The molecule has 0 saturated heterocycles. The van der Waals surface area contributed by atoms with E-state index in [1.54, 1.807) is 0 Å². The summed E-state index contributed by atoms with van der Waals surface area (Å²) in [4.78, 5) is 0. The number of halogens is 3. The summed E-state index contributed by atoms with van der Waals surface area (Å²) in [5, 5.41) is 0. The lowest BCUT2D eigenvalue weighted by Gasteiger charge is -2.17. The molecule has 0 saturated carbocycles. The van der Waals surface area contributed by atoms with Gasteiger partial charge >= 0.3 is 0 Å². The molecule has 4 heteroatoms. The van der Waals surface area contributed by atoms with Crippen LogP contribution in [0.3, 0.4) is 0 Å². The highest BCUT2D eigenvalue weighted by Gasteiger charge is 2.10. The van der Waals surface area contributed by atoms with Crippen LogP contribution in [-0.2, 0) is 0 Å². The maximum atomic E-state index is 2.59. The number of rotatable bonds is 5. The van der Waals surface area contributed by atoms with Crippen LogP contribution in [0.25, 0.3) is 0 Å². The Balaban J connectivity index is 3.28. The van der Waals surface area contributed by atoms with Gasteiger partial charge in [0.25, 0.3) is 0 Å². The molecule has 70 valence electrons. The highest BCUT2D eigenvalue weighted by atomic mass is 127. The molecule has 0 aliphatic heterocycles. The number of hydrogen-bond donors (Lipinski definition) is 0. The van der Waals surface area contributed by atoms with Gasteiger partial charge in [-0.3, -0.25) is 0 Å². The van der Waals surface area contributed by atoms with Gasteiger partial charge in [0.05, 0.1) is 0 Å². The molecule has 0 N–H and O–H groups in total. The summed E-state index contributed by atoms with van der Waals surface area (Å²) in [7, 11) is 0. The van der Waals surface area contributed by atoms with Crippen molar-refractivity contribution in [1.82, 2.24) is 0 Å². The molecule has 0 rings (SSSR count). The van der Waals surface area contributed by atoms with E-state index in [1.807, 2.05) is 0 Å². The first-order valence-electron chi connectivity index (χ1n) is 3.85. The summed E-state index contributed by atoms with van der Waals surface area (Å²) in [6.07, 6.45) is 4.17. The average Bonchev–Trinajstić information content (AvgIpc) is 1.85. The van der Waals surface area contributed by atoms with Crippen molar-refractivity contribution in [1.29, 1.82) is 0 Å². The third-order valence-electron chi connectivity index (χ3n) is 1.77. The van der Waals surface area contributed by atoms with Crippen molar-refractivity contribution in [2.24, 2.45) is 5.92 Å². The van der Waals surface area contributed by atoms with Crippen molar-refractivity contribution in [3.8, 4) is 0 Å². The Morgan fingerprint density at radius 3 is 2.18 bits per heavy atom. The normalized spacial score (nSPS) is 16.5. The van der Waals surface area contributed by atoms with Crippen molar-refractivity contribution in [2.45, 2.75) is 33.1 Å². The Morgan fingerprint density at radius 2 is 1.82 bits per heavy atom. The minimum absolute atomic E-state index is 0.318. The fourth-order valence-corrected chi connectivity index (χ4v) is 4.10. The van der Waals surface area contributed by atoms with E-state index in [2.05, 4.69) is 77.5 Å². The maximum absolute atomic E-state index is 2.59. The maximum Gasteiger partial charge on any atom is 0.00300 e. The van der Waals surface area contributed by atoms with Gasteiger partial charge in [0.2, 0.25) is 0 Å². The highest BCUT2D eigenvalue weighted by Crippen LogP contribution is 2.71. The molecule has 0 aromatic rings. The smallest absolute Gasteiger partial charge is 0.00300 e. The Labute approximate surface area is 108 Å². The molecule has 0 radical (unpaired) electrons. The molecule has 0 aromatic heterocycles. The topological polar surface area (TPSA) is 0 Å². The van der Waals surface area contributed by atoms with Gasteiger partial charge < -0.3 is 0 Å². The number of hydrogen-bond acceptors (Lipinski definition) is 0. The van der Waals surface area contributed by atoms with Gasteiger partial charge in [0, 0.05) is 5.75 Å². The fourth-order valence-electron chi connectivity index (χ4n) is 0.800. The second kappa shape index (κ2) is 6.92. The molecule has 0 fully saturated rings. The SMILES string of the molecule is CCC(C)CCCS(I)(I)I. The Hall–Kier alpha value is 2.54. The fraction of sp³-hybridized carbons (Fsp3) is 1.00. The van der Waals surface area contributed by atoms with Crippen LogP contribution in [-0.4, -0.2) is 5.75 Å². The summed E-state index contributed by atoms with van der Waals surface area (Å²) >= 11 is 7.78. The van der Waals surface area contributed by atoms with E-state index < -0.39 is 0 Å². The Morgan fingerprint density at radius 1 is 1.27 bits per heavy atom. The minimum atomic E-state index is -0.318. The first-order valence-corrected chi connectivity index (χ1v) is 13.3. The van der Waals surface area contributed by atoms with Gasteiger partial charge in [-0.25, -0.2) is 0 Å². The Bertz CT molecular complexity index is 100. The zero-order valence-electron chi connectivity index (χ0n) is 6.95. The van der Waals surface area contributed by atoms with Crippen LogP contribution in [0.15, 0.2) is 0 Å². The van der Waals surface area contributed by atoms with E-state index in [9.17, 15) is 0 Å². The molecule has 0 amide bonds. The summed E-state index contributed by atoms with van der Waals surface area (Å²) in [6, 6.07) is 0. The third-order valence-corrected chi connectivity index (χ3v) is 6.48. The summed E-state index contributed by atoms with van der Waals surface area (Å²) in [6.45, 7) is 4.63. The second-order valence-corrected chi connectivity index (χ2v) is 33.0. The van der Waals surface area contributed by atoms with Crippen LogP contribution in [0.1, 0.15) is 33.1 Å². The Kier molecular flexibility index (Phi) is 8.51. The van der Waals surface area contributed by atoms with Crippen LogP contribution in [0.5, 0.6) is 0 Å². The van der Waals surface area contributed by atoms with Crippen LogP contribution >= 0.6 is 65.2 Å². The first kappa shape index (κ1) is 13.5. The molecule has 0 heterocycles. The van der Waals surface area contributed by atoms with Gasteiger partial charge in [-0.15, -0.1) is 0 Å². The first-order chi connectivity index (χ1) is 4.95. The molecule has 0 nitrogen and oxygen atoms in total. The van der Waals surface area contributed by atoms with Crippen LogP contribution in [0.2, 0.25) is 0 Å². The molecule has 0 aromatic carbocycles. The summed E-state index contributed by atoms with van der Waals surface area (Å²) in [5.74, 6) is 2.35. The van der Waals surface area contributed by atoms with E-state index in [4.69, 9.17) is 0 Å². The molecule has 0 aliphatic rings. The van der Waals surface area contributed by atoms with E-state index >= 15 is 0 Å². The summed E-state index contributed by atoms with van der Waals surface area (Å²) in [5.41, 5.74) is 0. The lowest BCUT2D eigenvalue weighted by molar-refractivity contribution is 0.511. The van der Waals surface area contributed by atoms with Crippen molar-refractivity contribution >= 4 is 65.2 Å². The highest BCUT2D eigenvalue weighted by molar-refractivity contribution is 14.5. The molecule has 0 bridgehead atoms. The largest absolute Gasteiger partial charge is 0.0782 e. The zero-order valence-corrected chi connectivity index (χ0v) is 14.2. The molecule has 0 spiro atoms. The molecular weight excluding hydrogens is 497 g/mol. The van der Waals surface area contributed by atoms with Crippen LogP contribution < -0.4 is 0 Å². The third kappa shape index (κ3) is 10.5. The van der Waals surface area contributed by atoms with Gasteiger partial charge in [0.1, 0.15) is 0 Å². The quantitative estimate of drug-likeness (QED) is 0.417. The molecule has 11 heavy (non-hydrogen) atoms. The van der Waals surface area contributed by atoms with Gasteiger partial charge in [-0.1, -0.05) is 21.8 Å². The van der Waals surface area contributed by atoms with Gasteiger partial charge in [-0.05, 0) is 82.4 Å². The second-order valence-electron chi connectivity index (χ2n) is 2.86. The van der Waals surface area contributed by atoms with E-state index in [0.717, 1.165) is 5.92 Å². The van der Waals surface area contributed by atoms with Crippen LogP contribution in [0, 0.1) is 5.92 Å². The van der Waals surface area contributed by atoms with Gasteiger partial charge in [0.15, 0.2) is 0 Å². The predicted molar refractivity (Wildman–Crippen MR) is 83.2 cm³/mol. The van der Waals surface area contributed by atoms with Crippen molar-refractivity contribution in [3.63, 3.8) is 0 Å². The summed E-state index contributed by atoms with van der Waals surface area (Å²) < 4.78 is -0.318. The van der Waals surface area contributed by atoms with Crippen molar-refractivity contribution in [2.75, 3.05) is 5.75 Å². The molecule has 1 atom stereocenters. The van der Waals surface area contributed by atoms with Gasteiger partial charge in [-0.2, -0.15) is 0 Å². The van der Waals surface area contributed by atoms with Crippen molar-refractivity contribution < 1.29 is 0 Å². The van der Waals surface area contributed by atoms with Crippen molar-refractivity contribution in [3.05, 3.63) is 0 Å². The zero-order chi connectivity index (χ0) is 8.91. The monoisotopic (exact) mass is 512 g/mol. The molecule has 1 unspecified atom stereocenters. The molecule has 0 aliphatic carbocycles. The average molecular weight is 512 g/mol. The lowest BCUT2D eigenvalue weighted by atomic mass is 10.0.